The van der Waals surface area contributed by atoms with Crippen LogP contribution in [0.1, 0.15) is 6.92 Å². The first-order chi connectivity index (χ1) is 3.31. The minimum atomic E-state index is 0.711. The van der Waals surface area contributed by atoms with Gasteiger partial charge in [0.1, 0.15) is 0 Å². The smallest absolute Gasteiger partial charge is 0.0547 e. The molecule has 0 N–H and O–H groups in total. The van der Waals surface area contributed by atoms with Gasteiger partial charge in [0.2, 0.25) is 0 Å². The van der Waals surface area contributed by atoms with Crippen LogP contribution in [0.25, 0.3) is 0 Å². The summed E-state index contributed by atoms with van der Waals surface area (Å²) in [6.45, 7) is 8.74. The molecule has 0 aliphatic carbocycles. The van der Waals surface area contributed by atoms with Gasteiger partial charge in [-0.2, -0.15) is 0 Å². The van der Waals surface area contributed by atoms with Gasteiger partial charge in [-0.15, -0.1) is 0 Å². The topological polar surface area (TPSA) is 12.4 Å². The van der Waals surface area contributed by atoms with Crippen LogP contribution in [-0.4, -0.2) is 6.72 Å². The van der Waals surface area contributed by atoms with E-state index in [0.29, 0.717) is 5.70 Å². The Morgan fingerprint density at radius 3 is 2.43 bits per heavy atom. The fourth-order valence-electron chi connectivity index (χ4n) is 0.245. The summed E-state index contributed by atoms with van der Waals surface area (Å²) in [5, 5.41) is 0. The average Bonchev–Trinajstić information content (AvgIpc) is 1.68. The van der Waals surface area contributed by atoms with E-state index >= 15 is 0 Å². The Hall–Kier alpha value is -0.850. The summed E-state index contributed by atoms with van der Waals surface area (Å²) in [4.78, 5) is 3.55. The molecule has 0 atom stereocenters. The molecule has 0 saturated heterocycles. The van der Waals surface area contributed by atoms with Crippen molar-refractivity contribution in [1.29, 1.82) is 0 Å². The standard InChI is InChI=1S/C6H9N/c1-4-5-6(2)7-3/h4-5H,2-3H2,1H3/b5-4+. The molecule has 7 heavy (non-hydrogen) atoms. The SMILES string of the molecule is C=NC(=C)/C=C/C. The normalized spacial score (nSPS) is 9.29. The van der Waals surface area contributed by atoms with E-state index in [9.17, 15) is 0 Å². The van der Waals surface area contributed by atoms with Gasteiger partial charge in [-0.25, -0.2) is 0 Å². The van der Waals surface area contributed by atoms with Crippen molar-refractivity contribution in [2.24, 2.45) is 4.99 Å². The number of rotatable bonds is 2. The van der Waals surface area contributed by atoms with Crippen molar-refractivity contribution in [3.8, 4) is 0 Å². The van der Waals surface area contributed by atoms with Crippen molar-refractivity contribution in [1.82, 2.24) is 0 Å². The molecule has 0 unspecified atom stereocenters. The maximum absolute atomic E-state index is 3.55. The molecule has 1 heteroatoms. The molecule has 0 aromatic rings. The highest BCUT2D eigenvalue weighted by Gasteiger charge is 1.70. The molecule has 0 bridgehead atoms. The molecule has 0 heterocycles. The molecule has 0 aromatic carbocycles. The predicted octanol–water partition coefficient (Wildman–Crippen LogP) is 1.78. The summed E-state index contributed by atoms with van der Waals surface area (Å²) in [6.07, 6.45) is 3.67. The summed E-state index contributed by atoms with van der Waals surface area (Å²) in [6, 6.07) is 0. The quantitative estimate of drug-likeness (QED) is 0.366. The number of allylic oxidation sites excluding steroid dienone is 2. The number of hydrogen-bond donors (Lipinski definition) is 0. The maximum atomic E-state index is 3.55. The molecular formula is C6H9N. The zero-order valence-corrected chi connectivity index (χ0v) is 4.52. The largest absolute Gasteiger partial charge is 0.265 e. The van der Waals surface area contributed by atoms with Crippen molar-refractivity contribution in [3.63, 3.8) is 0 Å². The first kappa shape index (κ1) is 6.15. The molecule has 0 aliphatic rings. The molecular weight excluding hydrogens is 86.1 g/mol. The Kier molecular flexibility index (Phi) is 2.94. The maximum Gasteiger partial charge on any atom is 0.0547 e. The molecule has 38 valence electrons. The van der Waals surface area contributed by atoms with Gasteiger partial charge in [-0.05, 0) is 19.7 Å². The molecule has 0 aliphatic heterocycles. The third-order valence-electron chi connectivity index (χ3n) is 0.562. The Morgan fingerprint density at radius 1 is 1.71 bits per heavy atom. The zero-order chi connectivity index (χ0) is 5.70. The molecule has 0 fully saturated rings. The van der Waals surface area contributed by atoms with Gasteiger partial charge in [-0.1, -0.05) is 12.7 Å². The van der Waals surface area contributed by atoms with Crippen LogP contribution in [-0.2, 0) is 0 Å². The summed E-state index contributed by atoms with van der Waals surface area (Å²) < 4.78 is 0. The minimum Gasteiger partial charge on any atom is -0.265 e. The van der Waals surface area contributed by atoms with Crippen LogP contribution >= 0.6 is 0 Å². The zero-order valence-electron chi connectivity index (χ0n) is 4.52. The highest BCUT2D eigenvalue weighted by molar-refractivity contribution is 5.31. The van der Waals surface area contributed by atoms with Crippen LogP contribution in [0.4, 0.5) is 0 Å². The van der Waals surface area contributed by atoms with Crippen LogP contribution in [0, 0.1) is 0 Å². The third kappa shape index (κ3) is 2.97. The average molecular weight is 95.1 g/mol. The Bertz CT molecular complexity index is 101. The van der Waals surface area contributed by atoms with Crippen molar-refractivity contribution in [2.45, 2.75) is 6.92 Å². The first-order valence-corrected chi connectivity index (χ1v) is 2.09. The summed E-state index contributed by atoms with van der Waals surface area (Å²) in [7, 11) is 0. The van der Waals surface area contributed by atoms with E-state index < -0.39 is 0 Å². The van der Waals surface area contributed by atoms with Crippen molar-refractivity contribution < 1.29 is 0 Å². The van der Waals surface area contributed by atoms with Crippen molar-refractivity contribution in [2.75, 3.05) is 0 Å². The Labute approximate surface area is 44.1 Å². The Balaban J connectivity index is 3.58. The predicted molar refractivity (Wildman–Crippen MR) is 33.5 cm³/mol. The van der Waals surface area contributed by atoms with E-state index in [2.05, 4.69) is 18.3 Å². The van der Waals surface area contributed by atoms with Crippen LogP contribution in [0.15, 0.2) is 29.4 Å². The third-order valence-corrected chi connectivity index (χ3v) is 0.562. The highest BCUT2D eigenvalue weighted by atomic mass is 14.7. The Morgan fingerprint density at radius 2 is 2.29 bits per heavy atom. The second-order valence-electron chi connectivity index (χ2n) is 1.15. The van der Waals surface area contributed by atoms with E-state index in [-0.39, 0.29) is 0 Å². The lowest BCUT2D eigenvalue weighted by atomic mass is 10.4. The molecule has 0 rings (SSSR count). The summed E-state index contributed by atoms with van der Waals surface area (Å²) >= 11 is 0. The van der Waals surface area contributed by atoms with Gasteiger partial charge in [-0.3, -0.25) is 4.99 Å². The second-order valence-corrected chi connectivity index (χ2v) is 1.15. The van der Waals surface area contributed by atoms with Gasteiger partial charge >= 0.3 is 0 Å². The van der Waals surface area contributed by atoms with E-state index in [1.807, 2.05) is 13.0 Å². The fraction of sp³-hybridized carbons (Fsp3) is 0.167. The highest BCUT2D eigenvalue weighted by Crippen LogP contribution is 1.89. The van der Waals surface area contributed by atoms with E-state index in [4.69, 9.17) is 0 Å². The van der Waals surface area contributed by atoms with Gasteiger partial charge < -0.3 is 0 Å². The fourth-order valence-corrected chi connectivity index (χ4v) is 0.245. The lowest BCUT2D eigenvalue weighted by molar-refractivity contribution is 1.45. The number of hydrogen-bond acceptors (Lipinski definition) is 1. The minimum absolute atomic E-state index is 0.711. The van der Waals surface area contributed by atoms with Crippen molar-refractivity contribution in [3.05, 3.63) is 24.4 Å². The van der Waals surface area contributed by atoms with Crippen LogP contribution < -0.4 is 0 Å². The lowest BCUT2D eigenvalue weighted by Gasteiger charge is -1.79. The molecule has 0 amide bonds. The van der Waals surface area contributed by atoms with E-state index in [0.717, 1.165) is 0 Å². The van der Waals surface area contributed by atoms with Crippen LogP contribution in [0.2, 0.25) is 0 Å². The summed E-state index contributed by atoms with van der Waals surface area (Å²) in [5.41, 5.74) is 0.711. The lowest BCUT2D eigenvalue weighted by Crippen LogP contribution is -1.60. The van der Waals surface area contributed by atoms with E-state index in [1.54, 1.807) is 6.08 Å². The van der Waals surface area contributed by atoms with Crippen LogP contribution in [0.5, 0.6) is 0 Å². The van der Waals surface area contributed by atoms with Gasteiger partial charge in [0.15, 0.2) is 0 Å². The van der Waals surface area contributed by atoms with Gasteiger partial charge in [0, 0.05) is 0 Å². The monoisotopic (exact) mass is 95.1 g/mol. The van der Waals surface area contributed by atoms with Gasteiger partial charge in [0.05, 0.1) is 5.70 Å². The first-order valence-electron chi connectivity index (χ1n) is 2.09. The van der Waals surface area contributed by atoms with Gasteiger partial charge in [0.25, 0.3) is 0 Å². The van der Waals surface area contributed by atoms with Crippen molar-refractivity contribution >= 4 is 6.72 Å². The molecule has 0 saturated carbocycles. The number of nitrogens with zero attached hydrogens (tertiary/aromatic N) is 1. The molecule has 0 aromatic heterocycles. The van der Waals surface area contributed by atoms with Crippen LogP contribution in [0.3, 0.4) is 0 Å². The second kappa shape index (κ2) is 3.34. The summed E-state index contributed by atoms with van der Waals surface area (Å²) in [5.74, 6) is 0. The number of aliphatic imine (C=N–C) groups is 1. The molecule has 0 radical (unpaired) electrons. The molecule has 1 nitrogen and oxygen atoms in total. The molecule has 0 spiro atoms. The van der Waals surface area contributed by atoms with E-state index in [1.165, 1.54) is 0 Å².